The molecule has 1 rings (SSSR count). The van der Waals surface area contributed by atoms with E-state index in [2.05, 4.69) is 10.6 Å². The molecule has 0 saturated carbocycles. The van der Waals surface area contributed by atoms with Crippen LogP contribution in [0.1, 0.15) is 13.3 Å². The zero-order chi connectivity index (χ0) is 10.6. The lowest BCUT2D eigenvalue weighted by molar-refractivity contribution is -0.119. The van der Waals surface area contributed by atoms with Gasteiger partial charge in [-0.05, 0) is 0 Å². The largest absolute Gasteiger partial charge is 0.396 e. The molecule has 5 heteroatoms. The van der Waals surface area contributed by atoms with E-state index < -0.39 is 5.41 Å². The van der Waals surface area contributed by atoms with Crippen molar-refractivity contribution in [2.75, 3.05) is 26.3 Å². The number of hydrogen-bond acceptors (Lipinski definition) is 4. The minimum Gasteiger partial charge on any atom is -0.396 e. The van der Waals surface area contributed by atoms with Gasteiger partial charge in [0.15, 0.2) is 0 Å². The molecule has 1 amide bonds. The normalized spacial score (nSPS) is 22.5. The Hall–Kier alpha value is -0.650. The highest BCUT2D eigenvalue weighted by Crippen LogP contribution is 2.13. The Labute approximate surface area is 83.5 Å². The molecule has 0 aromatic carbocycles. The van der Waals surface area contributed by atoms with Crippen LogP contribution in [0.2, 0.25) is 0 Å². The molecule has 1 aliphatic heterocycles. The van der Waals surface area contributed by atoms with E-state index in [1.807, 2.05) is 0 Å². The minimum atomic E-state index is -0.508. The Morgan fingerprint density at radius 1 is 1.57 bits per heavy atom. The minimum absolute atomic E-state index is 0.0530. The number of carbonyl (C=O) groups is 1. The molecule has 0 aromatic heterocycles. The van der Waals surface area contributed by atoms with Gasteiger partial charge in [-0.15, -0.1) is 0 Å². The molecule has 0 aromatic rings. The van der Waals surface area contributed by atoms with Gasteiger partial charge < -0.3 is 20.8 Å². The molecule has 14 heavy (non-hydrogen) atoms. The second-order valence-electron chi connectivity index (χ2n) is 4.21. The van der Waals surface area contributed by atoms with Gasteiger partial charge in [-0.1, -0.05) is 6.92 Å². The monoisotopic (exact) mass is 202 g/mol. The van der Waals surface area contributed by atoms with E-state index in [0.717, 1.165) is 0 Å². The summed E-state index contributed by atoms with van der Waals surface area (Å²) < 4.78 is 0. The maximum Gasteiger partial charge on any atom is 0.221 e. The molecule has 1 heterocycles. The summed E-state index contributed by atoms with van der Waals surface area (Å²) in [5, 5.41) is 23.9. The first-order valence-corrected chi connectivity index (χ1v) is 4.81. The maximum absolute atomic E-state index is 10.9. The number of hydrogen-bond donors (Lipinski definition) is 4. The summed E-state index contributed by atoms with van der Waals surface area (Å²) in [6, 6.07) is 0.125. The fourth-order valence-electron chi connectivity index (χ4n) is 1.30. The topological polar surface area (TPSA) is 81.6 Å². The molecule has 1 unspecified atom stereocenters. The SMILES string of the molecule is CC(CO)(CO)CNC1CNC(=O)C1. The fraction of sp³-hybridized carbons (Fsp3) is 0.889. The van der Waals surface area contributed by atoms with E-state index in [4.69, 9.17) is 10.2 Å². The van der Waals surface area contributed by atoms with Crippen LogP contribution in [0.3, 0.4) is 0 Å². The number of rotatable bonds is 5. The van der Waals surface area contributed by atoms with Crippen LogP contribution in [0.25, 0.3) is 0 Å². The molecule has 0 spiro atoms. The van der Waals surface area contributed by atoms with Gasteiger partial charge in [0.2, 0.25) is 5.91 Å². The molecule has 1 aliphatic rings. The van der Waals surface area contributed by atoms with Gasteiger partial charge in [0.25, 0.3) is 0 Å². The van der Waals surface area contributed by atoms with E-state index in [0.29, 0.717) is 19.5 Å². The molecule has 0 bridgehead atoms. The Balaban J connectivity index is 2.29. The van der Waals surface area contributed by atoms with E-state index in [-0.39, 0.29) is 25.2 Å². The predicted octanol–water partition coefficient (Wildman–Crippen LogP) is -1.54. The summed E-state index contributed by atoms with van der Waals surface area (Å²) in [6.45, 7) is 2.81. The average Bonchev–Trinajstić information content (AvgIpc) is 2.61. The average molecular weight is 202 g/mol. The summed E-state index contributed by atoms with van der Waals surface area (Å²) in [5.74, 6) is 0.0530. The lowest BCUT2D eigenvalue weighted by Gasteiger charge is -2.26. The number of aliphatic hydroxyl groups excluding tert-OH is 2. The summed E-state index contributed by atoms with van der Waals surface area (Å²) in [6.07, 6.45) is 0.479. The van der Waals surface area contributed by atoms with Crippen molar-refractivity contribution < 1.29 is 15.0 Å². The molecule has 82 valence electrons. The van der Waals surface area contributed by atoms with Crippen molar-refractivity contribution in [1.29, 1.82) is 0 Å². The standard InChI is InChI=1S/C9H18N2O3/c1-9(5-12,6-13)4-11-7-2-8(14)10-3-7/h7,11-13H,2-6H2,1H3,(H,10,14). The highest BCUT2D eigenvalue weighted by atomic mass is 16.3. The van der Waals surface area contributed by atoms with Gasteiger partial charge in [-0.2, -0.15) is 0 Å². The van der Waals surface area contributed by atoms with Crippen LogP contribution < -0.4 is 10.6 Å². The van der Waals surface area contributed by atoms with Gasteiger partial charge in [-0.25, -0.2) is 0 Å². The Kier molecular flexibility index (Phi) is 3.86. The van der Waals surface area contributed by atoms with Crippen molar-refractivity contribution >= 4 is 5.91 Å². The van der Waals surface area contributed by atoms with Gasteiger partial charge in [0, 0.05) is 31.0 Å². The van der Waals surface area contributed by atoms with Crippen LogP contribution in [0.5, 0.6) is 0 Å². The Morgan fingerprint density at radius 3 is 2.64 bits per heavy atom. The molecule has 0 radical (unpaired) electrons. The van der Waals surface area contributed by atoms with Crippen LogP contribution in [0.4, 0.5) is 0 Å². The zero-order valence-electron chi connectivity index (χ0n) is 8.42. The first-order valence-electron chi connectivity index (χ1n) is 4.81. The number of carbonyl (C=O) groups excluding carboxylic acids is 1. The Bertz CT molecular complexity index is 204. The van der Waals surface area contributed by atoms with E-state index in [1.54, 1.807) is 6.92 Å². The number of aliphatic hydroxyl groups is 2. The summed E-state index contributed by atoms with van der Waals surface area (Å²) in [4.78, 5) is 10.9. The van der Waals surface area contributed by atoms with Crippen LogP contribution >= 0.6 is 0 Å². The van der Waals surface area contributed by atoms with Crippen LogP contribution in [0, 0.1) is 5.41 Å². The van der Waals surface area contributed by atoms with E-state index >= 15 is 0 Å². The van der Waals surface area contributed by atoms with Gasteiger partial charge in [0.05, 0.1) is 13.2 Å². The second kappa shape index (κ2) is 4.72. The molecule has 1 fully saturated rings. The van der Waals surface area contributed by atoms with E-state index in [1.165, 1.54) is 0 Å². The summed E-state index contributed by atoms with van der Waals surface area (Å²) >= 11 is 0. The molecule has 5 nitrogen and oxygen atoms in total. The lowest BCUT2D eigenvalue weighted by atomic mass is 9.92. The number of amides is 1. The van der Waals surface area contributed by atoms with Gasteiger partial charge in [0.1, 0.15) is 0 Å². The zero-order valence-corrected chi connectivity index (χ0v) is 8.42. The van der Waals surface area contributed by atoms with E-state index in [9.17, 15) is 4.79 Å². The van der Waals surface area contributed by atoms with Crippen molar-refractivity contribution in [1.82, 2.24) is 10.6 Å². The third-order valence-corrected chi connectivity index (χ3v) is 2.56. The van der Waals surface area contributed by atoms with Crippen LogP contribution in [-0.2, 0) is 4.79 Å². The number of nitrogens with one attached hydrogen (secondary N) is 2. The molecule has 1 saturated heterocycles. The molecule has 4 N–H and O–H groups in total. The lowest BCUT2D eigenvalue weighted by Crippen LogP contribution is -2.43. The third-order valence-electron chi connectivity index (χ3n) is 2.56. The second-order valence-corrected chi connectivity index (χ2v) is 4.21. The maximum atomic E-state index is 10.9. The molecular weight excluding hydrogens is 184 g/mol. The summed E-state index contributed by atoms with van der Waals surface area (Å²) in [5.41, 5.74) is -0.508. The van der Waals surface area contributed by atoms with Crippen LogP contribution in [0.15, 0.2) is 0 Å². The molecule has 0 aliphatic carbocycles. The first-order chi connectivity index (χ1) is 6.59. The van der Waals surface area contributed by atoms with Crippen molar-refractivity contribution in [3.63, 3.8) is 0 Å². The fourth-order valence-corrected chi connectivity index (χ4v) is 1.30. The highest BCUT2D eigenvalue weighted by Gasteiger charge is 2.26. The van der Waals surface area contributed by atoms with Crippen molar-refractivity contribution in [2.24, 2.45) is 5.41 Å². The van der Waals surface area contributed by atoms with Crippen molar-refractivity contribution in [3.05, 3.63) is 0 Å². The molecule has 1 atom stereocenters. The highest BCUT2D eigenvalue weighted by molar-refractivity contribution is 5.78. The third kappa shape index (κ3) is 2.94. The van der Waals surface area contributed by atoms with Crippen LogP contribution in [-0.4, -0.2) is 48.5 Å². The smallest absolute Gasteiger partial charge is 0.221 e. The quantitative estimate of drug-likeness (QED) is 0.435. The molecular formula is C9H18N2O3. The Morgan fingerprint density at radius 2 is 2.21 bits per heavy atom. The van der Waals surface area contributed by atoms with Gasteiger partial charge >= 0.3 is 0 Å². The predicted molar refractivity (Wildman–Crippen MR) is 51.7 cm³/mol. The van der Waals surface area contributed by atoms with Crippen molar-refractivity contribution in [2.45, 2.75) is 19.4 Å². The first kappa shape index (κ1) is 11.4. The van der Waals surface area contributed by atoms with Gasteiger partial charge in [-0.3, -0.25) is 4.79 Å². The van der Waals surface area contributed by atoms with Crippen molar-refractivity contribution in [3.8, 4) is 0 Å². The summed E-state index contributed by atoms with van der Waals surface area (Å²) in [7, 11) is 0.